The number of aliphatic hydroxyl groups is 1. The monoisotopic (exact) mass is 481 g/mol. The maximum absolute atomic E-state index is 9.64. The van der Waals surface area contributed by atoms with Crippen molar-refractivity contribution in [2.75, 3.05) is 12.4 Å². The normalized spacial score (nSPS) is 17.6. The van der Waals surface area contributed by atoms with Gasteiger partial charge in [0, 0.05) is 18.7 Å². The Morgan fingerprint density at radius 3 is 2.67 bits per heavy atom. The number of benzene rings is 3. The third kappa shape index (κ3) is 4.29. The Kier molecular flexibility index (Phi) is 6.25. The molecule has 1 aromatic heterocycles. The number of hydrogen-bond donors (Lipinski definition) is 2. The first-order chi connectivity index (χ1) is 17.7. The Hall–Kier alpha value is -3.55. The van der Waals surface area contributed by atoms with Crippen LogP contribution in [0.25, 0.3) is 22.2 Å². The Morgan fingerprint density at radius 2 is 1.83 bits per heavy atom. The fourth-order valence-electron chi connectivity index (χ4n) is 5.52. The van der Waals surface area contributed by atoms with Gasteiger partial charge in [-0.15, -0.1) is 0 Å². The average Bonchev–Trinajstić information content (AvgIpc) is 3.49. The molecule has 4 aromatic rings. The SMILES string of the molecule is COCc1cccc(-c2ccc3c(c2)C(Nc2nc4cc(CO)ccc4n2C2CCCCC2)N=N3)c1. The molecule has 0 radical (unpaired) electrons. The molecule has 1 fully saturated rings. The first-order valence-corrected chi connectivity index (χ1v) is 12.7. The molecule has 0 spiro atoms. The van der Waals surface area contributed by atoms with E-state index in [4.69, 9.17) is 9.72 Å². The standard InChI is InChI=1S/C29H31N5O2/c1-36-18-20-6-5-7-21(14-20)22-11-12-25-24(16-22)28(33-32-25)31-29-30-26-15-19(17-35)10-13-27(26)34(29)23-8-3-2-4-9-23/h5-7,10-16,23,28,35H,2-4,8-9,17-18H2,1H3,(H,30,31). The highest BCUT2D eigenvalue weighted by molar-refractivity contribution is 5.80. The lowest BCUT2D eigenvalue weighted by molar-refractivity contribution is 0.185. The molecule has 0 amide bonds. The van der Waals surface area contributed by atoms with Crippen LogP contribution in [-0.2, 0) is 18.0 Å². The highest BCUT2D eigenvalue weighted by Crippen LogP contribution is 2.41. The van der Waals surface area contributed by atoms with E-state index < -0.39 is 0 Å². The van der Waals surface area contributed by atoms with E-state index >= 15 is 0 Å². The number of imidazole rings is 1. The third-order valence-corrected chi connectivity index (χ3v) is 7.32. The molecule has 36 heavy (non-hydrogen) atoms. The Labute approximate surface area is 210 Å². The predicted octanol–water partition coefficient (Wildman–Crippen LogP) is 7.06. The Morgan fingerprint density at radius 1 is 0.972 bits per heavy atom. The van der Waals surface area contributed by atoms with Crippen LogP contribution >= 0.6 is 0 Å². The molecule has 0 saturated heterocycles. The van der Waals surface area contributed by atoms with Gasteiger partial charge >= 0.3 is 0 Å². The van der Waals surface area contributed by atoms with Crippen LogP contribution < -0.4 is 5.32 Å². The van der Waals surface area contributed by atoms with Crippen LogP contribution in [0.5, 0.6) is 0 Å². The summed E-state index contributed by atoms with van der Waals surface area (Å²) < 4.78 is 7.66. The number of nitrogens with zero attached hydrogens (tertiary/aromatic N) is 4. The minimum atomic E-state index is -0.307. The van der Waals surface area contributed by atoms with Crippen LogP contribution in [0.4, 0.5) is 11.6 Å². The van der Waals surface area contributed by atoms with Crippen molar-refractivity contribution < 1.29 is 9.84 Å². The largest absolute Gasteiger partial charge is 0.392 e. The maximum atomic E-state index is 9.64. The third-order valence-electron chi connectivity index (χ3n) is 7.32. The van der Waals surface area contributed by atoms with E-state index in [2.05, 4.69) is 62.6 Å². The van der Waals surface area contributed by atoms with Crippen LogP contribution in [-0.4, -0.2) is 21.8 Å². The number of azo groups is 1. The van der Waals surface area contributed by atoms with Crippen LogP contribution in [0.2, 0.25) is 0 Å². The smallest absolute Gasteiger partial charge is 0.206 e. The summed E-state index contributed by atoms with van der Waals surface area (Å²) >= 11 is 0. The second-order valence-corrected chi connectivity index (χ2v) is 9.75. The molecule has 2 aliphatic rings. The topological polar surface area (TPSA) is 84.0 Å². The number of aliphatic hydroxyl groups excluding tert-OH is 1. The van der Waals surface area contributed by atoms with Gasteiger partial charge in [0.2, 0.25) is 5.95 Å². The number of anilines is 1. The summed E-state index contributed by atoms with van der Waals surface area (Å²) in [6, 6.07) is 21.2. The lowest BCUT2D eigenvalue weighted by atomic mass is 9.95. The number of hydrogen-bond acceptors (Lipinski definition) is 6. The number of aromatic nitrogens is 2. The van der Waals surface area contributed by atoms with E-state index in [0.29, 0.717) is 12.6 Å². The van der Waals surface area contributed by atoms with Gasteiger partial charge < -0.3 is 19.7 Å². The minimum Gasteiger partial charge on any atom is -0.392 e. The molecular formula is C29H31N5O2. The van der Waals surface area contributed by atoms with E-state index in [-0.39, 0.29) is 12.8 Å². The fraction of sp³-hybridized carbons (Fsp3) is 0.345. The zero-order valence-electron chi connectivity index (χ0n) is 20.5. The van der Waals surface area contributed by atoms with Crippen LogP contribution in [0, 0.1) is 0 Å². The molecular weight excluding hydrogens is 450 g/mol. The molecule has 1 unspecified atom stereocenters. The van der Waals surface area contributed by atoms with Crippen LogP contribution in [0.1, 0.15) is 61.0 Å². The van der Waals surface area contributed by atoms with Gasteiger partial charge in [0.05, 0.1) is 29.9 Å². The molecule has 1 aliphatic carbocycles. The van der Waals surface area contributed by atoms with Crippen molar-refractivity contribution in [1.82, 2.24) is 9.55 Å². The van der Waals surface area contributed by atoms with Gasteiger partial charge in [0.1, 0.15) is 0 Å². The van der Waals surface area contributed by atoms with E-state index in [0.717, 1.165) is 63.3 Å². The highest BCUT2D eigenvalue weighted by Gasteiger charge is 2.27. The van der Waals surface area contributed by atoms with Crippen molar-refractivity contribution >= 4 is 22.7 Å². The number of fused-ring (bicyclic) bond motifs is 2. The van der Waals surface area contributed by atoms with Crippen LogP contribution in [0.3, 0.4) is 0 Å². The van der Waals surface area contributed by atoms with Gasteiger partial charge in [0.15, 0.2) is 6.17 Å². The minimum absolute atomic E-state index is 0.00750. The summed E-state index contributed by atoms with van der Waals surface area (Å²) in [7, 11) is 1.71. The van der Waals surface area contributed by atoms with Crippen molar-refractivity contribution in [2.45, 2.75) is 57.5 Å². The Bertz CT molecular complexity index is 1420. The summed E-state index contributed by atoms with van der Waals surface area (Å²) in [5.41, 5.74) is 8.20. The first kappa shape index (κ1) is 22.9. The van der Waals surface area contributed by atoms with Gasteiger partial charge in [0.25, 0.3) is 0 Å². The van der Waals surface area contributed by atoms with E-state index in [9.17, 15) is 5.11 Å². The lowest BCUT2D eigenvalue weighted by Gasteiger charge is -2.26. The van der Waals surface area contributed by atoms with Gasteiger partial charge in [-0.1, -0.05) is 49.6 Å². The van der Waals surface area contributed by atoms with Crippen LogP contribution in [0.15, 0.2) is 70.9 Å². The number of ether oxygens (including phenoxy) is 1. The molecule has 1 saturated carbocycles. The molecule has 2 N–H and O–H groups in total. The number of nitrogens with one attached hydrogen (secondary N) is 1. The van der Waals surface area contributed by atoms with Crippen molar-refractivity contribution in [1.29, 1.82) is 0 Å². The molecule has 1 aliphatic heterocycles. The molecule has 2 heterocycles. The van der Waals surface area contributed by atoms with E-state index in [1.165, 1.54) is 19.3 Å². The first-order valence-electron chi connectivity index (χ1n) is 12.7. The summed E-state index contributed by atoms with van der Waals surface area (Å²) in [5, 5.41) is 22.3. The summed E-state index contributed by atoms with van der Waals surface area (Å²) in [5.74, 6) is 0.816. The van der Waals surface area contributed by atoms with E-state index in [1.807, 2.05) is 18.2 Å². The van der Waals surface area contributed by atoms with Crippen molar-refractivity contribution in [3.05, 3.63) is 77.4 Å². The summed E-state index contributed by atoms with van der Waals surface area (Å²) in [6.45, 7) is 0.594. The number of methoxy groups -OCH3 is 1. The molecule has 1 atom stereocenters. The van der Waals surface area contributed by atoms with Gasteiger partial charge in [-0.25, -0.2) is 4.98 Å². The van der Waals surface area contributed by atoms with Gasteiger partial charge in [-0.2, -0.15) is 10.2 Å². The lowest BCUT2D eigenvalue weighted by Crippen LogP contribution is -2.17. The number of rotatable bonds is 7. The molecule has 7 heteroatoms. The predicted molar refractivity (Wildman–Crippen MR) is 141 cm³/mol. The molecule has 7 nitrogen and oxygen atoms in total. The second kappa shape index (κ2) is 9.84. The van der Waals surface area contributed by atoms with Crippen molar-refractivity contribution in [2.24, 2.45) is 10.2 Å². The molecule has 3 aromatic carbocycles. The maximum Gasteiger partial charge on any atom is 0.206 e. The van der Waals surface area contributed by atoms with E-state index in [1.54, 1.807) is 7.11 Å². The van der Waals surface area contributed by atoms with Gasteiger partial charge in [-0.05, 0) is 65.4 Å². The average molecular weight is 482 g/mol. The fourth-order valence-corrected chi connectivity index (χ4v) is 5.52. The molecule has 6 rings (SSSR count). The van der Waals surface area contributed by atoms with Crippen molar-refractivity contribution in [3.8, 4) is 11.1 Å². The second-order valence-electron chi connectivity index (χ2n) is 9.75. The van der Waals surface area contributed by atoms with Gasteiger partial charge in [-0.3, -0.25) is 0 Å². The zero-order chi connectivity index (χ0) is 24.5. The van der Waals surface area contributed by atoms with Crippen molar-refractivity contribution in [3.63, 3.8) is 0 Å². The highest BCUT2D eigenvalue weighted by atomic mass is 16.5. The zero-order valence-corrected chi connectivity index (χ0v) is 20.5. The summed E-state index contributed by atoms with van der Waals surface area (Å²) in [6.07, 6.45) is 5.74. The molecule has 184 valence electrons. The molecule has 0 bridgehead atoms. The Balaban J connectivity index is 1.36. The quantitative estimate of drug-likeness (QED) is 0.296. The summed E-state index contributed by atoms with van der Waals surface area (Å²) in [4.78, 5) is 4.97.